The van der Waals surface area contributed by atoms with Crippen LogP contribution in [0.5, 0.6) is 0 Å². The van der Waals surface area contributed by atoms with Crippen LogP contribution < -0.4 is 9.86 Å². The first-order valence-electron chi connectivity index (χ1n) is 8.35. The Hall–Kier alpha value is -3.30. The minimum Gasteiger partial charge on any atom is -0.478 e. The van der Waals surface area contributed by atoms with E-state index in [0.29, 0.717) is 21.6 Å². The average molecular weight is 432 g/mol. The number of hydrogen-bond acceptors (Lipinski definition) is 4. The highest BCUT2D eigenvalue weighted by Gasteiger charge is 2.23. The van der Waals surface area contributed by atoms with Crippen LogP contribution in [0.15, 0.2) is 58.4 Å². The first-order valence-corrected chi connectivity index (χ1v) is 10.2. The van der Waals surface area contributed by atoms with Crippen molar-refractivity contribution in [2.75, 3.05) is 11.4 Å². The van der Waals surface area contributed by atoms with E-state index in [-0.39, 0.29) is 21.4 Å². The van der Waals surface area contributed by atoms with Crippen LogP contribution >= 0.6 is 11.6 Å². The Morgan fingerprint density at radius 1 is 1.17 bits per heavy atom. The number of aromatic amines is 2. The molecule has 0 amide bonds. The number of carboxylic acids is 1. The fraction of sp³-hybridized carbons (Fsp3) is 0.0526. The lowest BCUT2D eigenvalue weighted by atomic mass is 10.1. The molecular weight excluding hydrogens is 418 g/mol. The van der Waals surface area contributed by atoms with Crippen molar-refractivity contribution in [3.63, 3.8) is 0 Å². The molecule has 3 N–H and O–H groups in total. The second kappa shape index (κ2) is 6.64. The van der Waals surface area contributed by atoms with Gasteiger partial charge in [0.25, 0.3) is 15.6 Å². The summed E-state index contributed by atoms with van der Waals surface area (Å²) in [6.07, 6.45) is 1.21. The maximum absolute atomic E-state index is 13.1. The van der Waals surface area contributed by atoms with Gasteiger partial charge in [-0.05, 0) is 36.4 Å². The van der Waals surface area contributed by atoms with Crippen molar-refractivity contribution < 1.29 is 18.3 Å². The molecule has 2 aromatic heterocycles. The number of carbonyl (C=O) groups is 1. The predicted octanol–water partition coefficient (Wildman–Crippen LogP) is 3.19. The third-order valence-electron chi connectivity index (χ3n) is 4.68. The van der Waals surface area contributed by atoms with Gasteiger partial charge in [0.05, 0.1) is 16.1 Å². The third-order valence-corrected chi connectivity index (χ3v) is 6.69. The molecule has 0 aliphatic rings. The third kappa shape index (κ3) is 3.04. The summed E-state index contributed by atoms with van der Waals surface area (Å²) < 4.78 is 27.4. The van der Waals surface area contributed by atoms with E-state index in [1.807, 2.05) is 0 Å². The van der Waals surface area contributed by atoms with Crippen molar-refractivity contribution >= 4 is 55.1 Å². The SMILES string of the molecule is CN(c1cccc(Cl)c1)S(=O)(=O)c1ccc2[nH]c(=O)c3[nH]cc(C(=O)O)c3c2c1. The molecule has 0 unspecified atom stereocenters. The first-order chi connectivity index (χ1) is 13.7. The van der Waals surface area contributed by atoms with Gasteiger partial charge in [-0.15, -0.1) is 0 Å². The molecule has 148 valence electrons. The Kier molecular flexibility index (Phi) is 4.36. The zero-order chi connectivity index (χ0) is 20.9. The highest BCUT2D eigenvalue weighted by molar-refractivity contribution is 7.92. The van der Waals surface area contributed by atoms with Gasteiger partial charge in [-0.3, -0.25) is 9.10 Å². The van der Waals surface area contributed by atoms with Crippen molar-refractivity contribution in [3.8, 4) is 0 Å². The summed E-state index contributed by atoms with van der Waals surface area (Å²) in [4.78, 5) is 29.0. The quantitative estimate of drug-likeness (QED) is 0.458. The van der Waals surface area contributed by atoms with Crippen LogP contribution in [0, 0.1) is 0 Å². The van der Waals surface area contributed by atoms with Gasteiger partial charge < -0.3 is 15.1 Å². The fourth-order valence-corrected chi connectivity index (χ4v) is 4.60. The van der Waals surface area contributed by atoms with E-state index in [1.165, 1.54) is 37.5 Å². The summed E-state index contributed by atoms with van der Waals surface area (Å²) in [5, 5.41) is 10.3. The molecule has 0 radical (unpaired) electrons. The largest absolute Gasteiger partial charge is 0.478 e. The Labute approximate surface area is 169 Å². The van der Waals surface area contributed by atoms with Crippen molar-refractivity contribution in [1.29, 1.82) is 0 Å². The standard InChI is InChI=1S/C19H14ClN3O5S/c1-23(11-4-2-3-10(20)7-11)29(27,28)12-5-6-15-13(8-12)16-14(19(25)26)9-21-17(16)18(24)22-15/h2-9,21H,1H3,(H,22,24)(H,25,26). The number of aromatic carboxylic acids is 1. The summed E-state index contributed by atoms with van der Waals surface area (Å²) in [5.74, 6) is -1.23. The number of hydrogen-bond donors (Lipinski definition) is 3. The van der Waals surface area contributed by atoms with E-state index in [2.05, 4.69) is 9.97 Å². The molecule has 0 saturated heterocycles. The molecule has 0 fully saturated rings. The number of aromatic nitrogens is 2. The second-order valence-corrected chi connectivity index (χ2v) is 8.78. The lowest BCUT2D eigenvalue weighted by Gasteiger charge is -2.20. The van der Waals surface area contributed by atoms with Crippen molar-refractivity contribution in [2.24, 2.45) is 0 Å². The molecule has 0 spiro atoms. The maximum atomic E-state index is 13.1. The second-order valence-electron chi connectivity index (χ2n) is 6.37. The number of halogens is 1. The molecule has 8 nitrogen and oxygen atoms in total. The average Bonchev–Trinajstić information content (AvgIpc) is 3.13. The van der Waals surface area contributed by atoms with Gasteiger partial charge in [-0.25, -0.2) is 13.2 Å². The Bertz CT molecular complexity index is 1460. The van der Waals surface area contributed by atoms with Crippen LogP contribution in [0.1, 0.15) is 10.4 Å². The lowest BCUT2D eigenvalue weighted by Crippen LogP contribution is -2.26. The normalized spacial score (nSPS) is 11.8. The maximum Gasteiger partial charge on any atom is 0.337 e. The van der Waals surface area contributed by atoms with E-state index in [0.717, 1.165) is 4.31 Å². The first kappa shape index (κ1) is 19.0. The van der Waals surface area contributed by atoms with Crippen LogP contribution in [0.4, 0.5) is 5.69 Å². The van der Waals surface area contributed by atoms with Gasteiger partial charge in [-0.1, -0.05) is 17.7 Å². The number of nitrogens with zero attached hydrogens (tertiary/aromatic N) is 1. The van der Waals surface area contributed by atoms with Gasteiger partial charge in [0, 0.05) is 34.6 Å². The Morgan fingerprint density at radius 2 is 1.93 bits per heavy atom. The molecule has 0 saturated carbocycles. The molecule has 0 bridgehead atoms. The van der Waals surface area contributed by atoms with Gasteiger partial charge in [0.15, 0.2) is 0 Å². The summed E-state index contributed by atoms with van der Waals surface area (Å²) in [7, 11) is -2.57. The highest BCUT2D eigenvalue weighted by Crippen LogP contribution is 2.30. The minimum atomic E-state index is -3.97. The summed E-state index contributed by atoms with van der Waals surface area (Å²) >= 11 is 5.96. The number of anilines is 1. The van der Waals surface area contributed by atoms with Crippen LogP contribution in [0.2, 0.25) is 5.02 Å². The number of nitrogens with one attached hydrogen (secondary N) is 2. The number of rotatable bonds is 4. The summed E-state index contributed by atoms with van der Waals surface area (Å²) in [5.41, 5.74) is 0.152. The molecule has 0 atom stereocenters. The molecular formula is C19H14ClN3O5S. The van der Waals surface area contributed by atoms with Crippen molar-refractivity contribution in [3.05, 3.63) is 69.6 Å². The van der Waals surface area contributed by atoms with Gasteiger partial charge in [0.2, 0.25) is 0 Å². The molecule has 0 aliphatic heterocycles. The predicted molar refractivity (Wildman–Crippen MR) is 110 cm³/mol. The Morgan fingerprint density at radius 3 is 2.62 bits per heavy atom. The molecule has 2 heterocycles. The number of pyridine rings is 1. The van der Waals surface area contributed by atoms with E-state index in [4.69, 9.17) is 11.6 Å². The van der Waals surface area contributed by atoms with Gasteiger partial charge in [0.1, 0.15) is 5.52 Å². The highest BCUT2D eigenvalue weighted by atomic mass is 35.5. The van der Waals surface area contributed by atoms with E-state index < -0.39 is 21.6 Å². The molecule has 0 aliphatic carbocycles. The van der Waals surface area contributed by atoms with E-state index in [1.54, 1.807) is 18.2 Å². The van der Waals surface area contributed by atoms with Crippen molar-refractivity contribution in [1.82, 2.24) is 9.97 Å². The zero-order valence-electron chi connectivity index (χ0n) is 14.9. The van der Waals surface area contributed by atoms with E-state index in [9.17, 15) is 23.1 Å². The van der Waals surface area contributed by atoms with Gasteiger partial charge >= 0.3 is 5.97 Å². The fourth-order valence-electron chi connectivity index (χ4n) is 3.20. The van der Waals surface area contributed by atoms with Crippen LogP contribution in [-0.2, 0) is 10.0 Å². The smallest absolute Gasteiger partial charge is 0.337 e. The zero-order valence-corrected chi connectivity index (χ0v) is 16.5. The molecule has 4 aromatic rings. The summed E-state index contributed by atoms with van der Waals surface area (Å²) in [6, 6.07) is 10.5. The molecule has 10 heteroatoms. The number of benzene rings is 2. The minimum absolute atomic E-state index is 0.0571. The Balaban J connectivity index is 1.96. The van der Waals surface area contributed by atoms with Crippen LogP contribution in [0.25, 0.3) is 21.8 Å². The monoisotopic (exact) mass is 431 g/mol. The summed E-state index contributed by atoms with van der Waals surface area (Å²) in [6.45, 7) is 0. The number of H-pyrrole nitrogens is 2. The van der Waals surface area contributed by atoms with Crippen molar-refractivity contribution in [2.45, 2.75) is 4.90 Å². The topological polar surface area (TPSA) is 123 Å². The number of fused-ring (bicyclic) bond motifs is 3. The molecule has 4 rings (SSSR count). The number of carboxylic acid groups (broad SMARTS) is 1. The van der Waals surface area contributed by atoms with Crippen LogP contribution in [-0.4, -0.2) is 36.5 Å². The van der Waals surface area contributed by atoms with E-state index >= 15 is 0 Å². The molecule has 29 heavy (non-hydrogen) atoms. The molecule has 2 aromatic carbocycles. The number of sulfonamides is 1. The van der Waals surface area contributed by atoms with Gasteiger partial charge in [-0.2, -0.15) is 0 Å². The van der Waals surface area contributed by atoms with Crippen LogP contribution in [0.3, 0.4) is 0 Å². The lowest BCUT2D eigenvalue weighted by molar-refractivity contribution is 0.0699.